The summed E-state index contributed by atoms with van der Waals surface area (Å²) in [4.78, 5) is 40.9. The lowest BCUT2D eigenvalue weighted by atomic mass is 10.1. The molecule has 1 aliphatic rings. The fraction of sp³-hybridized carbons (Fsp3) is 0.267. The quantitative estimate of drug-likeness (QED) is 0.796. The molecule has 3 rings (SSSR count). The van der Waals surface area contributed by atoms with Gasteiger partial charge in [-0.25, -0.2) is 14.5 Å². The predicted octanol–water partition coefficient (Wildman–Crippen LogP) is 0.536. The topological polar surface area (TPSA) is 109 Å². The molecule has 0 spiro atoms. The summed E-state index contributed by atoms with van der Waals surface area (Å²) in [7, 11) is 0. The van der Waals surface area contributed by atoms with Gasteiger partial charge in [-0.2, -0.15) is 5.10 Å². The number of anilines is 1. The molecule has 9 heteroatoms. The van der Waals surface area contributed by atoms with Crippen LogP contribution in [0.1, 0.15) is 13.8 Å². The van der Waals surface area contributed by atoms with Gasteiger partial charge in [0.15, 0.2) is 5.82 Å². The first-order valence-electron chi connectivity index (χ1n) is 7.27. The van der Waals surface area contributed by atoms with E-state index in [0.29, 0.717) is 11.5 Å². The lowest BCUT2D eigenvalue weighted by molar-refractivity contribution is -0.132. The van der Waals surface area contributed by atoms with E-state index in [4.69, 9.17) is 0 Å². The van der Waals surface area contributed by atoms with Gasteiger partial charge in [-0.15, -0.1) is 0 Å². The SMILES string of the molecule is CC1(C)NC(=O)N(CC(=O)Nc2ccc(-n3cccn3)nc2)C1=O. The molecular weight excluding hydrogens is 312 g/mol. The number of rotatable bonds is 4. The number of hydrogen-bond acceptors (Lipinski definition) is 5. The van der Waals surface area contributed by atoms with Crippen LogP contribution >= 0.6 is 0 Å². The highest BCUT2D eigenvalue weighted by Crippen LogP contribution is 2.16. The van der Waals surface area contributed by atoms with Gasteiger partial charge in [0.05, 0.1) is 11.9 Å². The Morgan fingerprint density at radius 2 is 2.12 bits per heavy atom. The third kappa shape index (κ3) is 2.96. The molecular formula is C15H16N6O3. The maximum Gasteiger partial charge on any atom is 0.325 e. The molecule has 1 fully saturated rings. The first-order chi connectivity index (χ1) is 11.4. The van der Waals surface area contributed by atoms with Crippen LogP contribution in [0.4, 0.5) is 10.5 Å². The smallest absolute Gasteiger partial charge is 0.324 e. The molecule has 2 N–H and O–H groups in total. The Labute approximate surface area is 137 Å². The maximum atomic E-state index is 12.1. The summed E-state index contributed by atoms with van der Waals surface area (Å²) in [6.45, 7) is 2.82. The second kappa shape index (κ2) is 5.76. The van der Waals surface area contributed by atoms with Gasteiger partial charge in [0, 0.05) is 12.4 Å². The van der Waals surface area contributed by atoms with Crippen molar-refractivity contribution < 1.29 is 14.4 Å². The first kappa shape index (κ1) is 15.7. The van der Waals surface area contributed by atoms with Crippen LogP contribution in [0.2, 0.25) is 0 Å². The molecule has 4 amide bonds. The van der Waals surface area contributed by atoms with Crippen LogP contribution in [0.3, 0.4) is 0 Å². The molecule has 0 saturated carbocycles. The lowest BCUT2D eigenvalue weighted by Gasteiger charge is -2.15. The average molecular weight is 328 g/mol. The van der Waals surface area contributed by atoms with Gasteiger partial charge >= 0.3 is 6.03 Å². The van der Waals surface area contributed by atoms with Crippen molar-refractivity contribution in [2.24, 2.45) is 0 Å². The van der Waals surface area contributed by atoms with Gasteiger partial charge in [-0.1, -0.05) is 0 Å². The Morgan fingerprint density at radius 3 is 2.67 bits per heavy atom. The van der Waals surface area contributed by atoms with Crippen LogP contribution in [0.25, 0.3) is 5.82 Å². The number of amides is 4. The van der Waals surface area contributed by atoms with Crippen LogP contribution in [0.15, 0.2) is 36.8 Å². The van der Waals surface area contributed by atoms with E-state index in [1.807, 2.05) is 0 Å². The van der Waals surface area contributed by atoms with E-state index in [-0.39, 0.29) is 6.54 Å². The Hall–Kier alpha value is -3.23. The molecule has 124 valence electrons. The summed E-state index contributed by atoms with van der Waals surface area (Å²) >= 11 is 0. The number of hydrogen-bond donors (Lipinski definition) is 2. The van der Waals surface area contributed by atoms with E-state index in [2.05, 4.69) is 20.7 Å². The van der Waals surface area contributed by atoms with Gasteiger partial charge < -0.3 is 10.6 Å². The van der Waals surface area contributed by atoms with Crippen molar-refractivity contribution in [1.82, 2.24) is 25.0 Å². The van der Waals surface area contributed by atoms with Gasteiger partial charge in [-0.3, -0.25) is 14.5 Å². The molecule has 2 aromatic rings. The average Bonchev–Trinajstić information content (AvgIpc) is 3.12. The minimum absolute atomic E-state index is 0.352. The predicted molar refractivity (Wildman–Crippen MR) is 84.3 cm³/mol. The number of aromatic nitrogens is 3. The Kier molecular flexibility index (Phi) is 3.76. The monoisotopic (exact) mass is 328 g/mol. The zero-order chi connectivity index (χ0) is 17.3. The second-order valence-corrected chi connectivity index (χ2v) is 5.85. The van der Waals surface area contributed by atoms with E-state index < -0.39 is 23.4 Å². The minimum atomic E-state index is -0.996. The van der Waals surface area contributed by atoms with E-state index in [1.165, 1.54) is 6.20 Å². The van der Waals surface area contributed by atoms with Crippen molar-refractivity contribution >= 4 is 23.5 Å². The Bertz CT molecular complexity index is 782. The largest absolute Gasteiger partial charge is 0.325 e. The number of pyridine rings is 1. The normalized spacial score (nSPS) is 16.2. The molecule has 1 aliphatic heterocycles. The highest BCUT2D eigenvalue weighted by atomic mass is 16.2. The van der Waals surface area contributed by atoms with Crippen LogP contribution in [0, 0.1) is 0 Å². The van der Waals surface area contributed by atoms with Crippen LogP contribution in [-0.2, 0) is 9.59 Å². The highest BCUT2D eigenvalue weighted by molar-refractivity contribution is 6.09. The summed E-state index contributed by atoms with van der Waals surface area (Å²) < 4.78 is 1.58. The van der Waals surface area contributed by atoms with Crippen molar-refractivity contribution in [2.75, 3.05) is 11.9 Å². The fourth-order valence-corrected chi connectivity index (χ4v) is 2.31. The van der Waals surface area contributed by atoms with Crippen molar-refractivity contribution in [3.05, 3.63) is 36.8 Å². The number of urea groups is 1. The van der Waals surface area contributed by atoms with Crippen LogP contribution < -0.4 is 10.6 Å². The minimum Gasteiger partial charge on any atom is -0.324 e. The summed E-state index contributed by atoms with van der Waals surface area (Å²) in [5.74, 6) is -0.312. The number of carbonyl (C=O) groups is 3. The number of carbonyl (C=O) groups excluding carboxylic acids is 3. The molecule has 0 aromatic carbocycles. The van der Waals surface area contributed by atoms with Gasteiger partial charge in [-0.05, 0) is 32.0 Å². The van der Waals surface area contributed by atoms with Gasteiger partial charge in [0.25, 0.3) is 5.91 Å². The van der Waals surface area contributed by atoms with Crippen molar-refractivity contribution in [3.63, 3.8) is 0 Å². The van der Waals surface area contributed by atoms with Gasteiger partial charge in [0.2, 0.25) is 5.91 Å². The van der Waals surface area contributed by atoms with Crippen LogP contribution in [-0.4, -0.2) is 49.6 Å². The highest BCUT2D eigenvalue weighted by Gasteiger charge is 2.44. The zero-order valence-electron chi connectivity index (χ0n) is 13.2. The zero-order valence-corrected chi connectivity index (χ0v) is 13.2. The Morgan fingerprint density at radius 1 is 1.33 bits per heavy atom. The summed E-state index contributed by atoms with van der Waals surface area (Å²) in [6.07, 6.45) is 4.86. The van der Waals surface area contributed by atoms with Gasteiger partial charge in [0.1, 0.15) is 12.1 Å². The van der Waals surface area contributed by atoms with Crippen molar-refractivity contribution in [2.45, 2.75) is 19.4 Å². The molecule has 9 nitrogen and oxygen atoms in total. The summed E-state index contributed by atoms with van der Waals surface area (Å²) in [5, 5.41) is 9.18. The van der Waals surface area contributed by atoms with Crippen molar-refractivity contribution in [3.8, 4) is 5.82 Å². The first-order valence-corrected chi connectivity index (χ1v) is 7.27. The summed E-state index contributed by atoms with van der Waals surface area (Å²) in [6, 6.07) is 4.56. The molecule has 0 atom stereocenters. The molecule has 0 radical (unpaired) electrons. The fourth-order valence-electron chi connectivity index (χ4n) is 2.31. The molecule has 3 heterocycles. The van der Waals surface area contributed by atoms with E-state index >= 15 is 0 Å². The number of nitrogens with one attached hydrogen (secondary N) is 2. The standard InChI is InChI=1S/C15H16N6O3/c1-15(2)13(23)20(14(24)19-15)9-12(22)18-10-4-5-11(16-8-10)21-7-3-6-17-21/h3-8H,9H2,1-2H3,(H,18,22)(H,19,24). The summed E-state index contributed by atoms with van der Waals surface area (Å²) in [5.41, 5.74) is -0.535. The molecule has 0 unspecified atom stereocenters. The molecule has 0 aliphatic carbocycles. The van der Waals surface area contributed by atoms with E-state index in [0.717, 1.165) is 4.90 Å². The number of imide groups is 1. The third-order valence-electron chi connectivity index (χ3n) is 3.52. The third-order valence-corrected chi connectivity index (χ3v) is 3.52. The van der Waals surface area contributed by atoms with E-state index in [9.17, 15) is 14.4 Å². The van der Waals surface area contributed by atoms with Crippen LogP contribution in [0.5, 0.6) is 0 Å². The molecule has 0 bridgehead atoms. The second-order valence-electron chi connectivity index (χ2n) is 5.85. The lowest BCUT2D eigenvalue weighted by Crippen LogP contribution is -2.41. The molecule has 2 aromatic heterocycles. The van der Waals surface area contributed by atoms with Crippen molar-refractivity contribution in [1.29, 1.82) is 0 Å². The maximum absolute atomic E-state index is 12.1. The van der Waals surface area contributed by atoms with E-state index in [1.54, 1.807) is 49.1 Å². The Balaban J connectivity index is 1.63. The molecule has 24 heavy (non-hydrogen) atoms. The number of nitrogens with zero attached hydrogens (tertiary/aromatic N) is 4. The molecule has 1 saturated heterocycles.